The maximum Gasteiger partial charge on any atom is 0.251 e. The van der Waals surface area contributed by atoms with E-state index in [1.165, 1.54) is 16.7 Å². The van der Waals surface area contributed by atoms with Crippen LogP contribution in [0, 0.1) is 6.92 Å². The Hall–Kier alpha value is -3.17. The van der Waals surface area contributed by atoms with E-state index < -0.39 is 0 Å². The van der Waals surface area contributed by atoms with Gasteiger partial charge in [0.05, 0.1) is 0 Å². The van der Waals surface area contributed by atoms with Gasteiger partial charge in [-0.15, -0.1) is 0 Å². The Morgan fingerprint density at radius 2 is 1.50 bits per heavy atom. The maximum atomic E-state index is 12.6. The van der Waals surface area contributed by atoms with Crippen molar-refractivity contribution in [1.82, 2.24) is 5.32 Å². The van der Waals surface area contributed by atoms with E-state index in [1.807, 2.05) is 36.4 Å². The molecule has 3 aromatic carbocycles. The third kappa shape index (κ3) is 4.05. The van der Waals surface area contributed by atoms with Crippen LogP contribution < -0.4 is 5.32 Å². The summed E-state index contributed by atoms with van der Waals surface area (Å²) < 4.78 is 0. The monoisotopic (exact) mass is 383 g/mol. The molecule has 0 aliphatic heterocycles. The SMILES string of the molecule is Cc1ccc(-c2ccc(C(=O)NCc3ccccc3-c3ccsc3)cc2)cc1. The van der Waals surface area contributed by atoms with Crippen LogP contribution in [0.4, 0.5) is 0 Å². The van der Waals surface area contributed by atoms with Crippen molar-refractivity contribution in [3.63, 3.8) is 0 Å². The molecule has 0 fully saturated rings. The van der Waals surface area contributed by atoms with E-state index in [4.69, 9.17) is 0 Å². The molecule has 0 bridgehead atoms. The molecule has 0 unspecified atom stereocenters. The van der Waals surface area contributed by atoms with Gasteiger partial charge in [-0.1, -0.05) is 66.2 Å². The number of hydrogen-bond donors (Lipinski definition) is 1. The average molecular weight is 384 g/mol. The lowest BCUT2D eigenvalue weighted by Crippen LogP contribution is -2.23. The molecule has 138 valence electrons. The molecular weight excluding hydrogens is 362 g/mol. The molecule has 0 atom stereocenters. The largest absolute Gasteiger partial charge is 0.348 e. The molecule has 2 nitrogen and oxygen atoms in total. The van der Waals surface area contributed by atoms with Gasteiger partial charge in [0.15, 0.2) is 0 Å². The zero-order chi connectivity index (χ0) is 19.3. The number of rotatable bonds is 5. The number of carbonyl (C=O) groups is 1. The molecule has 3 heteroatoms. The molecule has 1 heterocycles. The van der Waals surface area contributed by atoms with Crippen LogP contribution in [-0.4, -0.2) is 5.91 Å². The molecule has 0 saturated carbocycles. The highest BCUT2D eigenvalue weighted by Crippen LogP contribution is 2.26. The molecule has 0 aliphatic carbocycles. The molecule has 0 aliphatic rings. The third-order valence-corrected chi connectivity index (χ3v) is 5.50. The Balaban J connectivity index is 1.46. The fraction of sp³-hybridized carbons (Fsp3) is 0.0800. The smallest absolute Gasteiger partial charge is 0.251 e. The summed E-state index contributed by atoms with van der Waals surface area (Å²) >= 11 is 1.68. The van der Waals surface area contributed by atoms with Gasteiger partial charge in [-0.3, -0.25) is 4.79 Å². The minimum absolute atomic E-state index is 0.0597. The van der Waals surface area contributed by atoms with Crippen molar-refractivity contribution in [3.05, 3.63) is 106 Å². The Morgan fingerprint density at radius 3 is 2.18 bits per heavy atom. The number of amides is 1. The zero-order valence-electron chi connectivity index (χ0n) is 15.7. The number of aryl methyl sites for hydroxylation is 1. The van der Waals surface area contributed by atoms with Crippen LogP contribution in [0.3, 0.4) is 0 Å². The van der Waals surface area contributed by atoms with Gasteiger partial charge in [-0.25, -0.2) is 0 Å². The first-order chi connectivity index (χ1) is 13.7. The Morgan fingerprint density at radius 1 is 0.821 bits per heavy atom. The second-order valence-corrected chi connectivity index (χ2v) is 7.58. The van der Waals surface area contributed by atoms with Crippen LogP contribution in [0.2, 0.25) is 0 Å². The van der Waals surface area contributed by atoms with Crippen molar-refractivity contribution >= 4 is 17.2 Å². The number of nitrogens with one attached hydrogen (secondary N) is 1. The number of carbonyl (C=O) groups excluding carboxylic acids is 1. The maximum absolute atomic E-state index is 12.6. The summed E-state index contributed by atoms with van der Waals surface area (Å²) in [4.78, 5) is 12.6. The summed E-state index contributed by atoms with van der Waals surface area (Å²) in [6, 6.07) is 26.5. The van der Waals surface area contributed by atoms with E-state index in [0.29, 0.717) is 12.1 Å². The lowest BCUT2D eigenvalue weighted by molar-refractivity contribution is 0.0951. The second kappa shape index (κ2) is 8.24. The highest BCUT2D eigenvalue weighted by atomic mass is 32.1. The molecule has 0 radical (unpaired) electrons. The lowest BCUT2D eigenvalue weighted by Gasteiger charge is -2.10. The molecule has 1 amide bonds. The fourth-order valence-corrected chi connectivity index (χ4v) is 3.87. The van der Waals surface area contributed by atoms with Gasteiger partial charge in [0.1, 0.15) is 0 Å². The fourth-order valence-electron chi connectivity index (χ4n) is 3.21. The molecule has 0 saturated heterocycles. The van der Waals surface area contributed by atoms with Gasteiger partial charge in [0, 0.05) is 12.1 Å². The van der Waals surface area contributed by atoms with Crippen LogP contribution in [0.25, 0.3) is 22.3 Å². The van der Waals surface area contributed by atoms with E-state index in [0.717, 1.165) is 16.7 Å². The first-order valence-corrected chi connectivity index (χ1v) is 10.2. The lowest BCUT2D eigenvalue weighted by atomic mass is 10.0. The first-order valence-electron chi connectivity index (χ1n) is 9.26. The van der Waals surface area contributed by atoms with Crippen LogP contribution in [-0.2, 0) is 6.54 Å². The summed E-state index contributed by atoms with van der Waals surface area (Å²) in [6.45, 7) is 2.58. The molecular formula is C25H21NOS. The van der Waals surface area contributed by atoms with E-state index in [1.54, 1.807) is 11.3 Å². The molecule has 1 aromatic heterocycles. The van der Waals surface area contributed by atoms with Crippen molar-refractivity contribution in [2.45, 2.75) is 13.5 Å². The standard InChI is InChI=1S/C25H21NOS/c1-18-6-8-19(9-7-18)20-10-12-21(13-11-20)25(27)26-16-22-4-2-3-5-24(22)23-14-15-28-17-23/h2-15,17H,16H2,1H3,(H,26,27). The van der Waals surface area contributed by atoms with Gasteiger partial charge < -0.3 is 5.32 Å². The predicted molar refractivity (Wildman–Crippen MR) is 118 cm³/mol. The summed E-state index contributed by atoms with van der Waals surface area (Å²) in [7, 11) is 0. The van der Waals surface area contributed by atoms with E-state index >= 15 is 0 Å². The zero-order valence-corrected chi connectivity index (χ0v) is 16.5. The number of benzene rings is 3. The van der Waals surface area contributed by atoms with E-state index in [2.05, 4.69) is 65.5 Å². The number of hydrogen-bond acceptors (Lipinski definition) is 2. The van der Waals surface area contributed by atoms with E-state index in [9.17, 15) is 4.79 Å². The molecule has 4 rings (SSSR count). The second-order valence-electron chi connectivity index (χ2n) is 6.80. The molecule has 4 aromatic rings. The molecule has 28 heavy (non-hydrogen) atoms. The highest BCUT2D eigenvalue weighted by Gasteiger charge is 2.09. The minimum Gasteiger partial charge on any atom is -0.348 e. The quantitative estimate of drug-likeness (QED) is 0.429. The third-order valence-electron chi connectivity index (χ3n) is 4.82. The van der Waals surface area contributed by atoms with Gasteiger partial charge in [0.25, 0.3) is 5.91 Å². The van der Waals surface area contributed by atoms with Gasteiger partial charge in [-0.2, -0.15) is 11.3 Å². The van der Waals surface area contributed by atoms with Crippen LogP contribution in [0.5, 0.6) is 0 Å². The molecule has 1 N–H and O–H groups in total. The Bertz CT molecular complexity index is 1060. The Kier molecular flexibility index (Phi) is 5.36. The van der Waals surface area contributed by atoms with Gasteiger partial charge in [-0.05, 0) is 63.7 Å². The summed E-state index contributed by atoms with van der Waals surface area (Å²) in [5, 5.41) is 7.25. The highest BCUT2D eigenvalue weighted by molar-refractivity contribution is 7.08. The Labute approximate surface area is 169 Å². The normalized spacial score (nSPS) is 10.6. The topological polar surface area (TPSA) is 29.1 Å². The summed E-state index contributed by atoms with van der Waals surface area (Å²) in [5.74, 6) is -0.0597. The predicted octanol–water partition coefficient (Wildman–Crippen LogP) is 6.32. The molecule has 0 spiro atoms. The number of thiophene rings is 1. The summed E-state index contributed by atoms with van der Waals surface area (Å²) in [6.07, 6.45) is 0. The van der Waals surface area contributed by atoms with Crippen LogP contribution in [0.15, 0.2) is 89.6 Å². The van der Waals surface area contributed by atoms with Crippen LogP contribution >= 0.6 is 11.3 Å². The van der Waals surface area contributed by atoms with E-state index in [-0.39, 0.29) is 5.91 Å². The van der Waals surface area contributed by atoms with Crippen molar-refractivity contribution in [3.8, 4) is 22.3 Å². The van der Waals surface area contributed by atoms with Gasteiger partial charge >= 0.3 is 0 Å². The van der Waals surface area contributed by atoms with Crippen LogP contribution in [0.1, 0.15) is 21.5 Å². The minimum atomic E-state index is -0.0597. The van der Waals surface area contributed by atoms with Crippen molar-refractivity contribution < 1.29 is 4.79 Å². The summed E-state index contributed by atoms with van der Waals surface area (Å²) in [5.41, 5.74) is 7.65. The first kappa shape index (κ1) is 18.2. The average Bonchev–Trinajstić information content (AvgIpc) is 3.28. The van der Waals surface area contributed by atoms with Crippen molar-refractivity contribution in [2.75, 3.05) is 0 Å². The van der Waals surface area contributed by atoms with Crippen molar-refractivity contribution in [2.24, 2.45) is 0 Å². The van der Waals surface area contributed by atoms with Gasteiger partial charge in [0.2, 0.25) is 0 Å². The van der Waals surface area contributed by atoms with Crippen molar-refractivity contribution in [1.29, 1.82) is 0 Å².